The van der Waals surface area contributed by atoms with Crippen molar-refractivity contribution in [1.82, 2.24) is 9.97 Å². The molecule has 0 atom stereocenters. The first-order chi connectivity index (χ1) is 18.8. The predicted molar refractivity (Wildman–Crippen MR) is 156 cm³/mol. The van der Waals surface area contributed by atoms with Crippen LogP contribution in [-0.4, -0.2) is 9.97 Å². The van der Waals surface area contributed by atoms with Crippen molar-refractivity contribution in [2.24, 2.45) is 0 Å². The topological polar surface area (TPSA) is 49.6 Å². The number of fused-ring (bicyclic) bond motifs is 4. The Bertz CT molecular complexity index is 2030. The van der Waals surface area contributed by atoms with E-state index in [4.69, 9.17) is 4.98 Å². The number of rotatable bonds is 3. The van der Waals surface area contributed by atoms with Crippen LogP contribution < -0.4 is 0 Å². The van der Waals surface area contributed by atoms with Crippen LogP contribution in [0.3, 0.4) is 0 Å². The Balaban J connectivity index is 1.30. The number of hydrogen-bond donors (Lipinski definition) is 0. The lowest BCUT2D eigenvalue weighted by atomic mass is 9.91. The molecule has 5 aromatic carbocycles. The van der Waals surface area contributed by atoms with E-state index in [1.807, 2.05) is 30.5 Å². The molecule has 7 rings (SSSR count). The minimum Gasteiger partial charge on any atom is -0.254 e. The van der Waals surface area contributed by atoms with Crippen LogP contribution in [-0.2, 0) is 0 Å². The van der Waals surface area contributed by atoms with Crippen LogP contribution in [0.1, 0.15) is 5.56 Å². The second-order valence-corrected chi connectivity index (χ2v) is 9.39. The Kier molecular flexibility index (Phi) is 5.17. The van der Waals surface area contributed by atoms with Gasteiger partial charge in [-0.15, -0.1) is 0 Å². The molecule has 3 heteroatoms. The molecule has 0 bridgehead atoms. The highest BCUT2D eigenvalue weighted by atomic mass is 14.7. The molecule has 0 saturated carbocycles. The Morgan fingerprint density at radius 2 is 1.21 bits per heavy atom. The largest absolute Gasteiger partial charge is 0.254 e. The smallest absolute Gasteiger partial charge is 0.0991 e. The van der Waals surface area contributed by atoms with Crippen molar-refractivity contribution in [3.63, 3.8) is 0 Å². The zero-order chi connectivity index (χ0) is 25.5. The van der Waals surface area contributed by atoms with E-state index in [1.165, 1.54) is 16.3 Å². The second-order valence-electron chi connectivity index (χ2n) is 9.39. The van der Waals surface area contributed by atoms with Crippen LogP contribution in [0, 0.1) is 11.3 Å². The molecule has 0 aliphatic heterocycles. The average molecular weight is 484 g/mol. The van der Waals surface area contributed by atoms with Gasteiger partial charge in [-0.2, -0.15) is 5.26 Å². The van der Waals surface area contributed by atoms with E-state index in [9.17, 15) is 5.26 Å². The molecule has 0 N–H and O–H groups in total. The Morgan fingerprint density at radius 1 is 0.526 bits per heavy atom. The van der Waals surface area contributed by atoms with Crippen LogP contribution >= 0.6 is 0 Å². The molecular weight excluding hydrogens is 462 g/mol. The molecule has 3 nitrogen and oxygen atoms in total. The highest BCUT2D eigenvalue weighted by Crippen LogP contribution is 2.36. The fourth-order valence-electron chi connectivity index (χ4n) is 5.26. The monoisotopic (exact) mass is 483 g/mol. The third-order valence-corrected chi connectivity index (χ3v) is 7.15. The van der Waals surface area contributed by atoms with E-state index in [1.54, 1.807) is 0 Å². The Morgan fingerprint density at radius 3 is 1.97 bits per heavy atom. The average Bonchev–Trinajstić information content (AvgIpc) is 3.00. The van der Waals surface area contributed by atoms with Crippen LogP contribution in [0.5, 0.6) is 0 Å². The van der Waals surface area contributed by atoms with Crippen LogP contribution in [0.15, 0.2) is 128 Å². The van der Waals surface area contributed by atoms with Gasteiger partial charge in [0.05, 0.1) is 28.4 Å². The predicted octanol–water partition coefficient (Wildman–Crippen LogP) is 8.81. The van der Waals surface area contributed by atoms with Crippen LogP contribution in [0.4, 0.5) is 0 Å². The summed E-state index contributed by atoms with van der Waals surface area (Å²) in [6.45, 7) is 0. The highest BCUT2D eigenvalue weighted by molar-refractivity contribution is 6.05. The fourth-order valence-corrected chi connectivity index (χ4v) is 5.26. The van der Waals surface area contributed by atoms with Gasteiger partial charge in [0.1, 0.15) is 0 Å². The molecule has 0 amide bonds. The first-order valence-corrected chi connectivity index (χ1v) is 12.6. The van der Waals surface area contributed by atoms with Crippen molar-refractivity contribution in [1.29, 1.82) is 5.26 Å². The van der Waals surface area contributed by atoms with Crippen molar-refractivity contribution < 1.29 is 0 Å². The quantitative estimate of drug-likeness (QED) is 0.236. The van der Waals surface area contributed by atoms with E-state index in [0.717, 1.165) is 49.8 Å². The third kappa shape index (κ3) is 3.68. The summed E-state index contributed by atoms with van der Waals surface area (Å²) in [7, 11) is 0. The third-order valence-electron chi connectivity index (χ3n) is 7.15. The molecule has 0 saturated heterocycles. The molecule has 0 radical (unpaired) electrons. The van der Waals surface area contributed by atoms with Gasteiger partial charge in [0.2, 0.25) is 0 Å². The highest BCUT2D eigenvalue weighted by Gasteiger charge is 2.11. The van der Waals surface area contributed by atoms with Gasteiger partial charge in [-0.3, -0.25) is 4.98 Å². The molecule has 7 aromatic rings. The molecule has 2 heterocycles. The molecule has 176 valence electrons. The number of benzene rings is 5. The van der Waals surface area contributed by atoms with E-state index in [0.29, 0.717) is 5.56 Å². The standard InChI is InChI=1S/C35H21N3/c36-22-23-5-3-6-28(21-23)30-18-17-29(31-8-1-2-9-32(30)31)24-10-12-25(13-11-24)33-19-16-27-15-14-26-7-4-20-37-34(26)35(27)38-33/h1-21H. The second kappa shape index (κ2) is 8.96. The van der Waals surface area contributed by atoms with Crippen molar-refractivity contribution in [3.8, 4) is 39.6 Å². The maximum absolute atomic E-state index is 9.36. The zero-order valence-electron chi connectivity index (χ0n) is 20.5. The zero-order valence-corrected chi connectivity index (χ0v) is 20.5. The van der Waals surface area contributed by atoms with Gasteiger partial charge in [-0.1, -0.05) is 97.1 Å². The van der Waals surface area contributed by atoms with Crippen LogP contribution in [0.25, 0.3) is 66.1 Å². The minimum atomic E-state index is 0.664. The maximum Gasteiger partial charge on any atom is 0.0991 e. The summed E-state index contributed by atoms with van der Waals surface area (Å²) in [5, 5.41) is 13.9. The fraction of sp³-hybridized carbons (Fsp3) is 0. The molecule has 0 fully saturated rings. The van der Waals surface area contributed by atoms with Gasteiger partial charge in [0.15, 0.2) is 0 Å². The molecule has 38 heavy (non-hydrogen) atoms. The van der Waals surface area contributed by atoms with Crippen molar-refractivity contribution in [2.75, 3.05) is 0 Å². The first-order valence-electron chi connectivity index (χ1n) is 12.6. The minimum absolute atomic E-state index is 0.664. The Hall–Kier alpha value is -5.33. The van der Waals surface area contributed by atoms with Gasteiger partial charge < -0.3 is 0 Å². The summed E-state index contributed by atoms with van der Waals surface area (Å²) < 4.78 is 0. The van der Waals surface area contributed by atoms with E-state index >= 15 is 0 Å². The van der Waals surface area contributed by atoms with E-state index in [-0.39, 0.29) is 0 Å². The lowest BCUT2D eigenvalue weighted by Crippen LogP contribution is -1.89. The SMILES string of the molecule is N#Cc1cccc(-c2ccc(-c3ccc(-c4ccc5ccc6cccnc6c5n4)cc3)c3ccccc23)c1. The molecule has 0 aliphatic carbocycles. The van der Waals surface area contributed by atoms with Crippen LogP contribution in [0.2, 0.25) is 0 Å². The summed E-state index contributed by atoms with van der Waals surface area (Å²) in [5.41, 5.74) is 9.01. The lowest BCUT2D eigenvalue weighted by Gasteiger charge is -2.13. The van der Waals surface area contributed by atoms with Gasteiger partial charge in [-0.25, -0.2) is 4.98 Å². The molecule has 0 unspecified atom stereocenters. The number of nitriles is 1. The summed E-state index contributed by atoms with van der Waals surface area (Å²) in [5.74, 6) is 0. The normalized spacial score (nSPS) is 11.1. The summed E-state index contributed by atoms with van der Waals surface area (Å²) in [6, 6.07) is 43.9. The van der Waals surface area contributed by atoms with Gasteiger partial charge in [0.25, 0.3) is 0 Å². The number of pyridine rings is 2. The molecule has 0 aliphatic rings. The van der Waals surface area contributed by atoms with E-state index < -0.39 is 0 Å². The molecular formula is C35H21N3. The van der Waals surface area contributed by atoms with E-state index in [2.05, 4.69) is 108 Å². The lowest BCUT2D eigenvalue weighted by molar-refractivity contribution is 1.37. The Labute approximate surface area is 220 Å². The summed E-state index contributed by atoms with van der Waals surface area (Å²) in [4.78, 5) is 9.59. The van der Waals surface area contributed by atoms with Crippen molar-refractivity contribution >= 4 is 32.6 Å². The van der Waals surface area contributed by atoms with Crippen molar-refractivity contribution in [2.45, 2.75) is 0 Å². The summed E-state index contributed by atoms with van der Waals surface area (Å²) >= 11 is 0. The maximum atomic E-state index is 9.36. The number of nitrogens with zero attached hydrogens (tertiary/aromatic N) is 3. The van der Waals surface area contributed by atoms with Gasteiger partial charge in [-0.05, 0) is 57.3 Å². The molecule has 0 spiro atoms. The molecule has 2 aromatic heterocycles. The summed E-state index contributed by atoms with van der Waals surface area (Å²) in [6.07, 6.45) is 1.82. The first kappa shape index (κ1) is 21.9. The van der Waals surface area contributed by atoms with Gasteiger partial charge >= 0.3 is 0 Å². The van der Waals surface area contributed by atoms with Gasteiger partial charge in [0, 0.05) is 22.5 Å². The number of aromatic nitrogens is 2. The van der Waals surface area contributed by atoms with Crippen molar-refractivity contribution in [3.05, 3.63) is 133 Å². The number of hydrogen-bond acceptors (Lipinski definition) is 3.